The standard InChI is InChI=1S/C24H32N6O/c1-28-12-14-30(15-13-28)20-10-4-8-18-23(20)27-24(26-18)21(16-31)29(2)19-9-3-6-17-7-5-11-25-22(17)19/h4-5,7-8,10-11,19,21,31H,3,6,9,12-16H2,1-2H3,(H,26,27)/t19?,21-/m0/s1. The van der Waals surface area contributed by atoms with Gasteiger partial charge in [-0.05, 0) is 57.1 Å². The van der Waals surface area contributed by atoms with Gasteiger partial charge in [-0.3, -0.25) is 9.88 Å². The molecule has 1 aromatic carbocycles. The van der Waals surface area contributed by atoms with Crippen molar-refractivity contribution in [3.05, 3.63) is 53.6 Å². The molecule has 1 unspecified atom stereocenters. The van der Waals surface area contributed by atoms with Crippen molar-refractivity contribution < 1.29 is 5.11 Å². The van der Waals surface area contributed by atoms with E-state index in [9.17, 15) is 5.11 Å². The summed E-state index contributed by atoms with van der Waals surface area (Å²) in [6, 6.07) is 10.5. The van der Waals surface area contributed by atoms with Crippen molar-refractivity contribution in [1.82, 2.24) is 24.8 Å². The molecule has 1 saturated heterocycles. The number of aromatic nitrogens is 3. The second-order valence-electron chi connectivity index (χ2n) is 8.91. The molecule has 7 nitrogen and oxygen atoms in total. The number of nitrogens with zero attached hydrogens (tertiary/aromatic N) is 5. The van der Waals surface area contributed by atoms with Gasteiger partial charge in [0.2, 0.25) is 0 Å². The molecule has 2 aliphatic rings. The highest BCUT2D eigenvalue weighted by atomic mass is 16.3. The van der Waals surface area contributed by atoms with Crippen LogP contribution in [0.1, 0.15) is 42.0 Å². The first-order chi connectivity index (χ1) is 15.2. The zero-order valence-electron chi connectivity index (χ0n) is 18.5. The van der Waals surface area contributed by atoms with Gasteiger partial charge in [-0.25, -0.2) is 4.98 Å². The normalized spacial score (nSPS) is 20.9. The summed E-state index contributed by atoms with van der Waals surface area (Å²) in [5, 5.41) is 10.4. The quantitative estimate of drug-likeness (QED) is 0.661. The Morgan fingerprint density at radius 2 is 2.03 bits per heavy atom. The highest BCUT2D eigenvalue weighted by molar-refractivity contribution is 5.89. The van der Waals surface area contributed by atoms with Crippen molar-refractivity contribution in [2.45, 2.75) is 31.3 Å². The molecule has 7 heteroatoms. The van der Waals surface area contributed by atoms with Crippen molar-refractivity contribution in [3.8, 4) is 0 Å². The van der Waals surface area contributed by atoms with E-state index in [0.717, 1.165) is 68.0 Å². The number of H-pyrrole nitrogens is 1. The fourth-order valence-corrected chi connectivity index (χ4v) is 5.10. The fraction of sp³-hybridized carbons (Fsp3) is 0.500. The Bertz CT molecular complexity index is 1040. The van der Waals surface area contributed by atoms with Crippen LogP contribution in [-0.2, 0) is 6.42 Å². The summed E-state index contributed by atoms with van der Waals surface area (Å²) in [6.45, 7) is 4.14. The number of hydrogen-bond acceptors (Lipinski definition) is 6. The molecule has 2 aromatic heterocycles. The number of nitrogens with one attached hydrogen (secondary N) is 1. The number of rotatable bonds is 5. The van der Waals surface area contributed by atoms with Crippen LogP contribution in [0.4, 0.5) is 5.69 Å². The topological polar surface area (TPSA) is 71.5 Å². The van der Waals surface area contributed by atoms with Gasteiger partial charge in [0, 0.05) is 32.4 Å². The molecule has 0 saturated carbocycles. The average Bonchev–Trinajstić information content (AvgIpc) is 3.23. The molecule has 0 amide bonds. The maximum Gasteiger partial charge on any atom is 0.127 e. The number of fused-ring (bicyclic) bond motifs is 2. The van der Waals surface area contributed by atoms with Crippen molar-refractivity contribution >= 4 is 16.7 Å². The molecular weight excluding hydrogens is 388 g/mol. The Hall–Kier alpha value is -2.48. The van der Waals surface area contributed by atoms with Gasteiger partial charge in [-0.15, -0.1) is 0 Å². The number of piperazine rings is 1. The van der Waals surface area contributed by atoms with Gasteiger partial charge >= 0.3 is 0 Å². The van der Waals surface area contributed by atoms with E-state index in [0.29, 0.717) is 0 Å². The number of aromatic amines is 1. The molecule has 3 heterocycles. The van der Waals surface area contributed by atoms with Crippen LogP contribution in [-0.4, -0.2) is 76.7 Å². The third-order valence-corrected chi connectivity index (χ3v) is 6.99. The lowest BCUT2D eigenvalue weighted by Crippen LogP contribution is -2.44. The van der Waals surface area contributed by atoms with Crippen molar-refractivity contribution in [2.24, 2.45) is 0 Å². The summed E-state index contributed by atoms with van der Waals surface area (Å²) < 4.78 is 0. The van der Waals surface area contributed by atoms with Gasteiger partial charge in [0.1, 0.15) is 11.3 Å². The first-order valence-corrected chi connectivity index (χ1v) is 11.3. The number of hydrogen-bond donors (Lipinski definition) is 2. The van der Waals surface area contributed by atoms with Gasteiger partial charge in [0.05, 0.1) is 35.6 Å². The third-order valence-electron chi connectivity index (χ3n) is 6.99. The highest BCUT2D eigenvalue weighted by Crippen LogP contribution is 2.37. The Balaban J connectivity index is 1.46. The second kappa shape index (κ2) is 8.57. The average molecular weight is 421 g/mol. The Labute approximate surface area is 183 Å². The molecule has 31 heavy (non-hydrogen) atoms. The SMILES string of the molecule is CN1CCN(c2cccc3[nH]c([C@H](CO)N(C)C4CCCc5cccnc54)nc23)CC1. The lowest BCUT2D eigenvalue weighted by Gasteiger charge is -2.36. The molecule has 2 N–H and O–H groups in total. The predicted octanol–water partition coefficient (Wildman–Crippen LogP) is 2.75. The molecule has 0 radical (unpaired) electrons. The molecule has 5 rings (SSSR count). The van der Waals surface area contributed by atoms with Gasteiger partial charge in [-0.2, -0.15) is 0 Å². The van der Waals surface area contributed by atoms with E-state index in [2.05, 4.69) is 58.0 Å². The predicted molar refractivity (Wildman–Crippen MR) is 123 cm³/mol. The van der Waals surface area contributed by atoms with Crippen LogP contribution in [0.5, 0.6) is 0 Å². The summed E-state index contributed by atoms with van der Waals surface area (Å²) in [6.07, 6.45) is 5.14. The Morgan fingerprint density at radius 3 is 2.84 bits per heavy atom. The summed E-state index contributed by atoms with van der Waals surface area (Å²) in [4.78, 5) is 20.2. The molecule has 0 spiro atoms. The van der Waals surface area contributed by atoms with E-state index >= 15 is 0 Å². The molecule has 1 aliphatic heterocycles. The van der Waals surface area contributed by atoms with Crippen molar-refractivity contribution in [3.63, 3.8) is 0 Å². The van der Waals surface area contributed by atoms with Crippen LogP contribution in [0.3, 0.4) is 0 Å². The molecule has 3 aromatic rings. The minimum absolute atomic E-state index is 0.0127. The van der Waals surface area contributed by atoms with Crippen LogP contribution in [0.2, 0.25) is 0 Å². The van der Waals surface area contributed by atoms with E-state index in [1.807, 2.05) is 12.3 Å². The molecular formula is C24H32N6O. The van der Waals surface area contributed by atoms with Crippen LogP contribution in [0.25, 0.3) is 11.0 Å². The molecule has 2 atom stereocenters. The van der Waals surface area contributed by atoms with Gasteiger partial charge in [-0.1, -0.05) is 12.1 Å². The van der Waals surface area contributed by atoms with Crippen LogP contribution < -0.4 is 4.90 Å². The molecule has 1 aliphatic carbocycles. The van der Waals surface area contributed by atoms with Gasteiger partial charge < -0.3 is 19.9 Å². The minimum Gasteiger partial charge on any atom is -0.394 e. The van der Waals surface area contributed by atoms with E-state index in [-0.39, 0.29) is 18.7 Å². The third kappa shape index (κ3) is 3.82. The number of aryl methyl sites for hydroxylation is 1. The summed E-state index contributed by atoms with van der Waals surface area (Å²) in [5.74, 6) is 0.824. The lowest BCUT2D eigenvalue weighted by atomic mass is 9.90. The highest BCUT2D eigenvalue weighted by Gasteiger charge is 2.31. The first-order valence-electron chi connectivity index (χ1n) is 11.3. The second-order valence-corrected chi connectivity index (χ2v) is 8.91. The number of aliphatic hydroxyl groups excluding tert-OH is 1. The summed E-state index contributed by atoms with van der Waals surface area (Å²) >= 11 is 0. The molecule has 0 bridgehead atoms. The number of imidazole rings is 1. The van der Waals surface area contributed by atoms with E-state index in [1.54, 1.807) is 0 Å². The maximum absolute atomic E-state index is 10.4. The largest absolute Gasteiger partial charge is 0.394 e. The minimum atomic E-state index is -0.203. The zero-order chi connectivity index (χ0) is 21.4. The Kier molecular flexibility index (Phi) is 5.65. The summed E-state index contributed by atoms with van der Waals surface area (Å²) in [5.41, 5.74) is 5.67. The number of para-hydroxylation sites is 1. The zero-order valence-corrected chi connectivity index (χ0v) is 18.5. The van der Waals surface area contributed by atoms with Crippen LogP contribution in [0.15, 0.2) is 36.5 Å². The summed E-state index contributed by atoms with van der Waals surface area (Å²) in [7, 11) is 4.26. The number of benzene rings is 1. The van der Waals surface area contributed by atoms with E-state index in [4.69, 9.17) is 9.97 Å². The number of pyridine rings is 1. The number of likely N-dealkylation sites (N-methyl/N-ethyl adjacent to an activating group) is 2. The van der Waals surface area contributed by atoms with E-state index < -0.39 is 0 Å². The monoisotopic (exact) mass is 420 g/mol. The van der Waals surface area contributed by atoms with Crippen LogP contribution >= 0.6 is 0 Å². The van der Waals surface area contributed by atoms with E-state index in [1.165, 1.54) is 11.3 Å². The van der Waals surface area contributed by atoms with Gasteiger partial charge in [0.25, 0.3) is 0 Å². The number of anilines is 1. The molecule has 1 fully saturated rings. The van der Waals surface area contributed by atoms with Crippen LogP contribution in [0, 0.1) is 0 Å². The lowest BCUT2D eigenvalue weighted by molar-refractivity contribution is 0.0930. The smallest absolute Gasteiger partial charge is 0.127 e. The molecule has 164 valence electrons. The van der Waals surface area contributed by atoms with Crippen molar-refractivity contribution in [1.29, 1.82) is 0 Å². The van der Waals surface area contributed by atoms with Crippen molar-refractivity contribution in [2.75, 3.05) is 51.8 Å². The maximum atomic E-state index is 10.4. The fourth-order valence-electron chi connectivity index (χ4n) is 5.10. The van der Waals surface area contributed by atoms with Gasteiger partial charge in [0.15, 0.2) is 0 Å². The first kappa shape index (κ1) is 20.4. The number of aliphatic hydroxyl groups is 1. The Morgan fingerprint density at radius 1 is 1.19 bits per heavy atom.